The van der Waals surface area contributed by atoms with Crippen LogP contribution in [-0.2, 0) is 25.0 Å². The molecular formula is C36H10F47N3O5. The molecule has 0 bridgehead atoms. The molecule has 0 aliphatic heterocycles. The van der Waals surface area contributed by atoms with Gasteiger partial charge in [0.05, 0.1) is 22.5 Å². The van der Waals surface area contributed by atoms with Crippen LogP contribution in [0.1, 0.15) is 28.4 Å². The number of amides is 1. The highest BCUT2D eigenvalue weighted by molar-refractivity contribution is 6.00. The third kappa shape index (κ3) is 10.2. The molecule has 0 heterocycles. The average Bonchev–Trinajstić information content (AvgIpc) is 0.685. The molecule has 0 spiro atoms. The van der Waals surface area contributed by atoms with Gasteiger partial charge in [0.1, 0.15) is 0 Å². The van der Waals surface area contributed by atoms with E-state index in [1.54, 1.807) is 0 Å². The summed E-state index contributed by atoms with van der Waals surface area (Å²) in [6.07, 6.45) is -8.27. The Morgan fingerprint density at radius 3 is 0.747 bits per heavy atom. The Kier molecular flexibility index (Phi) is 20.1. The predicted octanol–water partition coefficient (Wildman–Crippen LogP) is 16.2. The second kappa shape index (κ2) is 22.1. The lowest BCUT2D eigenvalue weighted by Crippen LogP contribution is -2.81. The number of esters is 1. The Morgan fingerprint density at radius 2 is 0.549 bits per heavy atom. The molecular weight excluding hydrogens is 1450 g/mol. The van der Waals surface area contributed by atoms with Gasteiger partial charge < -0.3 is 10.1 Å². The molecule has 1 N–H and O–H groups in total. The quantitative estimate of drug-likeness (QED) is 0.0310. The van der Waals surface area contributed by atoms with E-state index in [2.05, 4.69) is 9.73 Å². The summed E-state index contributed by atoms with van der Waals surface area (Å²) >= 11 is 0. The van der Waals surface area contributed by atoms with Crippen LogP contribution in [0.2, 0.25) is 0 Å². The van der Waals surface area contributed by atoms with Gasteiger partial charge in [-0.3, -0.25) is 9.59 Å². The zero-order valence-corrected chi connectivity index (χ0v) is 40.5. The second-order valence-corrected chi connectivity index (χ2v) is 17.1. The highest BCUT2D eigenvalue weighted by Gasteiger charge is 3.04. The van der Waals surface area contributed by atoms with Crippen LogP contribution in [0.4, 0.5) is 218 Å². The Hall–Kier alpha value is -6.37. The maximum absolute atomic E-state index is 15.8. The zero-order valence-electron chi connectivity index (χ0n) is 40.5. The molecule has 1 aromatic carbocycles. The van der Waals surface area contributed by atoms with Crippen LogP contribution >= 0.6 is 0 Å². The third-order valence-corrected chi connectivity index (χ3v) is 11.6. The molecule has 0 saturated heterocycles. The van der Waals surface area contributed by atoms with Crippen molar-refractivity contribution in [1.29, 1.82) is 0 Å². The van der Waals surface area contributed by atoms with Gasteiger partial charge in [0.15, 0.2) is 6.73 Å². The highest BCUT2D eigenvalue weighted by Crippen LogP contribution is 2.73. The topological polar surface area (TPSA) is 114 Å². The van der Waals surface area contributed by atoms with Crippen molar-refractivity contribution in [2.45, 2.75) is 150 Å². The van der Waals surface area contributed by atoms with Crippen molar-refractivity contribution in [1.82, 2.24) is 5.32 Å². The normalized spacial score (nSPS) is 15.9. The van der Waals surface area contributed by atoms with Crippen molar-refractivity contribution < 1.29 is 230 Å². The van der Waals surface area contributed by atoms with Crippen molar-refractivity contribution in [2.24, 2.45) is 9.98 Å². The van der Waals surface area contributed by atoms with Crippen LogP contribution in [-0.4, -0.2) is 161 Å². The first-order chi connectivity index (χ1) is 39.1. The van der Waals surface area contributed by atoms with E-state index in [1.807, 2.05) is 4.99 Å². The van der Waals surface area contributed by atoms with Crippen LogP contribution in [0.15, 0.2) is 16.1 Å². The Morgan fingerprint density at radius 1 is 0.352 bits per heavy atom. The molecule has 0 saturated carbocycles. The lowest BCUT2D eigenvalue weighted by molar-refractivity contribution is -0.498. The largest absolute Gasteiger partial charge is 0.460 e. The molecule has 55 heteroatoms. The average molecular weight is 1460 g/mol. The predicted molar refractivity (Wildman–Crippen MR) is 185 cm³/mol. The van der Waals surface area contributed by atoms with E-state index in [0.717, 1.165) is 5.32 Å². The SMILES string of the molecule is CC(=O)OCNC(=O)c1c(C)c(N=C=O)cc(N=C=O)c1C(F)(F)C(F)(F)C(F)(F)C(F)(F)C(F)(F)C(F)(F)C(F)(F)C(F)(F)C(F)(F)C(F)(F)C(F)(F)C(F)(F)C(F)(F)C(F)(F)C(F)(F)C(F)(F)C(F)(F)C(F)(F)C(F)(F)C(F)(F)C(F)(F)C(F)(F)C(F)(F)F. The molecule has 0 fully saturated rings. The summed E-state index contributed by atoms with van der Waals surface area (Å²) in [5.74, 6) is -232. The van der Waals surface area contributed by atoms with Gasteiger partial charge >= 0.3 is 142 Å². The number of ether oxygens (including phenoxy) is 1. The Balaban J connectivity index is 4.38. The molecule has 0 aliphatic carbocycles. The number of carbonyl (C=O) groups is 2. The number of nitrogens with zero attached hydrogens (tertiary/aromatic N) is 2. The summed E-state index contributed by atoms with van der Waals surface area (Å²) in [7, 11) is 0. The smallest absolute Gasteiger partial charge is 0.445 e. The minimum atomic E-state index is -11.0. The summed E-state index contributed by atoms with van der Waals surface area (Å²) in [5, 5.41) is 0.984. The summed E-state index contributed by atoms with van der Waals surface area (Å²) in [4.78, 5) is 49.9. The molecule has 0 aromatic heterocycles. The highest BCUT2D eigenvalue weighted by atomic mass is 19.4. The molecule has 91 heavy (non-hydrogen) atoms. The molecule has 0 atom stereocenters. The van der Waals surface area contributed by atoms with Gasteiger partial charge in [-0.25, -0.2) is 9.59 Å². The number of isocyanates is 2. The van der Waals surface area contributed by atoms with Gasteiger partial charge in [0, 0.05) is 6.92 Å². The van der Waals surface area contributed by atoms with Crippen molar-refractivity contribution in [3.05, 3.63) is 22.8 Å². The van der Waals surface area contributed by atoms with Crippen molar-refractivity contribution in [3.63, 3.8) is 0 Å². The number of aliphatic imine (C=N–C) groups is 2. The van der Waals surface area contributed by atoms with Gasteiger partial charge in [0.2, 0.25) is 12.2 Å². The summed E-state index contributed by atoms with van der Waals surface area (Å²) in [5.41, 5.74) is -12.7. The fourth-order valence-corrected chi connectivity index (χ4v) is 6.23. The van der Waals surface area contributed by atoms with Crippen molar-refractivity contribution >= 4 is 35.4 Å². The number of nitrogens with one attached hydrogen (secondary N) is 1. The van der Waals surface area contributed by atoms with Gasteiger partial charge in [-0.1, -0.05) is 0 Å². The molecule has 1 amide bonds. The fraction of sp³-hybridized carbons (Fsp3) is 0.722. The standard InChI is InChI=1S/C36H10F47N3O5/c1-7-9(84-4-87)3-10(85-5-88)12(11(7)13(90)86-6-91-8(2)89)14(37,38)15(39,40)16(41,42)17(43,44)18(45,46)19(47,48)20(49,50)21(51,52)22(53,54)23(55,56)24(57,58)25(59,60)26(61,62)27(63,64)28(65,66)29(67,68)30(69,70)31(71,72)32(73,74)33(75,76)34(77,78)35(79,80)36(81,82)83/h3H,6H2,1-2H3,(H,86,90). The number of alkyl halides is 47. The molecule has 528 valence electrons. The van der Waals surface area contributed by atoms with Crippen molar-refractivity contribution in [3.8, 4) is 0 Å². The van der Waals surface area contributed by atoms with E-state index in [-0.39, 0.29) is 13.0 Å². The van der Waals surface area contributed by atoms with E-state index in [9.17, 15) is 199 Å². The first-order valence-electron chi connectivity index (χ1n) is 20.3. The number of carbonyl (C=O) groups excluding carboxylic acids is 4. The second-order valence-electron chi connectivity index (χ2n) is 17.1. The van der Waals surface area contributed by atoms with E-state index >= 15 is 26.3 Å². The third-order valence-electron chi connectivity index (χ3n) is 11.6. The number of halogens is 47. The monoisotopic (exact) mass is 1460 g/mol. The molecule has 1 rings (SSSR count). The maximum atomic E-state index is 15.8. The maximum Gasteiger partial charge on any atom is 0.460 e. The van der Waals surface area contributed by atoms with Crippen LogP contribution in [0.3, 0.4) is 0 Å². The van der Waals surface area contributed by atoms with Crippen LogP contribution < -0.4 is 5.32 Å². The van der Waals surface area contributed by atoms with Crippen LogP contribution in [0.25, 0.3) is 0 Å². The van der Waals surface area contributed by atoms with E-state index in [0.29, 0.717) is 13.0 Å². The van der Waals surface area contributed by atoms with Crippen LogP contribution in [0, 0.1) is 6.92 Å². The zero-order chi connectivity index (χ0) is 74.2. The number of benzene rings is 1. The first kappa shape index (κ1) is 82.6. The minimum Gasteiger partial charge on any atom is -0.445 e. The Bertz CT molecular complexity index is 3030. The summed E-state index contributed by atoms with van der Waals surface area (Å²) in [6, 6.07) is -0.665. The Labute approximate surface area is 461 Å². The van der Waals surface area contributed by atoms with Crippen molar-refractivity contribution in [2.75, 3.05) is 6.73 Å². The number of rotatable bonds is 27. The van der Waals surface area contributed by atoms with Crippen LogP contribution in [0.5, 0.6) is 0 Å². The van der Waals surface area contributed by atoms with Gasteiger partial charge in [-0.2, -0.15) is 216 Å². The minimum absolute atomic E-state index is 0.0328. The molecule has 1 aromatic rings. The molecule has 0 radical (unpaired) electrons. The van der Waals surface area contributed by atoms with Gasteiger partial charge in [-0.15, -0.1) is 0 Å². The van der Waals surface area contributed by atoms with E-state index in [4.69, 9.17) is 0 Å². The summed E-state index contributed by atoms with van der Waals surface area (Å²) < 4.78 is 673. The number of hydrogen-bond acceptors (Lipinski definition) is 7. The molecule has 0 unspecified atom stereocenters. The fourth-order valence-electron chi connectivity index (χ4n) is 6.23. The van der Waals surface area contributed by atoms with Gasteiger partial charge in [0.25, 0.3) is 5.91 Å². The van der Waals surface area contributed by atoms with E-state index in [1.165, 1.54) is 0 Å². The van der Waals surface area contributed by atoms with Gasteiger partial charge in [-0.05, 0) is 18.6 Å². The molecule has 8 nitrogen and oxygen atoms in total. The first-order valence-corrected chi connectivity index (χ1v) is 20.3. The summed E-state index contributed by atoms with van der Waals surface area (Å²) in [6.45, 7) is -1.49. The lowest BCUT2D eigenvalue weighted by atomic mass is 9.81. The lowest BCUT2D eigenvalue weighted by Gasteiger charge is -2.47. The van der Waals surface area contributed by atoms with E-state index < -0.39 is 189 Å². The number of hydrogen-bond donors (Lipinski definition) is 1. The molecule has 0 aliphatic rings.